The summed E-state index contributed by atoms with van der Waals surface area (Å²) in [7, 11) is 0. The Kier molecular flexibility index (Phi) is 8.93. The molecule has 0 heterocycles. The second kappa shape index (κ2) is 9.03. The van der Waals surface area contributed by atoms with Crippen LogP contribution in [-0.4, -0.2) is 0 Å². The van der Waals surface area contributed by atoms with E-state index in [-0.39, 0.29) is 37.2 Å². The van der Waals surface area contributed by atoms with Crippen LogP contribution in [0.2, 0.25) is 0 Å². The van der Waals surface area contributed by atoms with Gasteiger partial charge in [0.1, 0.15) is 0 Å². The fraction of sp³-hybridized carbons (Fsp3) is 0.176. The van der Waals surface area contributed by atoms with Crippen LogP contribution in [0.4, 0.5) is 0 Å². The zero-order chi connectivity index (χ0) is 12.5. The normalized spacial score (nSPS) is 15.0. The summed E-state index contributed by atoms with van der Waals surface area (Å²) in [6.07, 6.45) is 3.53. The molecule has 4 heteroatoms. The summed E-state index contributed by atoms with van der Waals surface area (Å²) in [5.74, 6) is 0. The number of halogens is 3. The van der Waals surface area contributed by atoms with Crippen molar-refractivity contribution in [2.45, 2.75) is 17.6 Å². The van der Waals surface area contributed by atoms with Crippen LogP contribution in [0.1, 0.15) is 28.7 Å². The molecule has 0 saturated heterocycles. The number of fused-ring (bicyclic) bond motifs is 1. The molecule has 2 aromatic rings. The van der Waals surface area contributed by atoms with Gasteiger partial charge in [-0.1, -0.05) is 0 Å². The zero-order valence-corrected chi connectivity index (χ0v) is 15.4. The third kappa shape index (κ3) is 3.94. The number of hydrogen-bond acceptors (Lipinski definition) is 0. The van der Waals surface area contributed by atoms with Crippen molar-refractivity contribution in [3.8, 4) is 11.1 Å². The molecule has 1 aliphatic rings. The predicted molar refractivity (Wildman–Crippen MR) is 72.9 cm³/mol. The maximum Gasteiger partial charge on any atom is -1.00 e. The average molecular weight is 374 g/mol. The molecule has 0 saturated carbocycles. The summed E-state index contributed by atoms with van der Waals surface area (Å²) in [5, 5.41) is 0. The Hall–Kier alpha value is -0.236. The van der Waals surface area contributed by atoms with Gasteiger partial charge in [0.05, 0.1) is 0 Å². The van der Waals surface area contributed by atoms with Gasteiger partial charge in [-0.15, -0.1) is 0 Å². The van der Waals surface area contributed by atoms with Crippen LogP contribution in [0.5, 0.6) is 0 Å². The second-order valence-corrected chi connectivity index (χ2v) is 5.58. The Morgan fingerprint density at radius 1 is 0.905 bits per heavy atom. The smallest absolute Gasteiger partial charge is 1.00 e. The van der Waals surface area contributed by atoms with Crippen molar-refractivity contribution in [1.82, 2.24) is 0 Å². The summed E-state index contributed by atoms with van der Waals surface area (Å²) < 4.78 is 0.577. The van der Waals surface area contributed by atoms with Crippen molar-refractivity contribution in [3.05, 3.63) is 65.2 Å². The number of allylic oxidation sites excluding steroid dienone is 1. The maximum absolute atomic E-state index is 2.39. The van der Waals surface area contributed by atoms with E-state index in [1.165, 1.54) is 22.3 Å². The quantitative estimate of drug-likeness (QED) is 0.468. The molecule has 0 nitrogen and oxygen atoms in total. The Labute approximate surface area is 157 Å². The summed E-state index contributed by atoms with van der Waals surface area (Å²) in [5.41, 5.74) is 7.13. The molecule has 0 amide bonds. The van der Waals surface area contributed by atoms with E-state index in [0.29, 0.717) is 4.22 Å². The molecule has 0 radical (unpaired) electrons. The van der Waals surface area contributed by atoms with E-state index in [9.17, 15) is 0 Å². The minimum absolute atomic E-state index is 0. The monoisotopic (exact) mass is 372 g/mol. The molecule has 1 unspecified atom stereocenters. The molecule has 1 aliphatic carbocycles. The molecule has 3 rings (SSSR count). The Bertz CT molecular complexity index is 609. The molecule has 0 spiro atoms. The minimum atomic E-state index is 0. The summed E-state index contributed by atoms with van der Waals surface area (Å²) in [6.45, 7) is 2.25. The van der Waals surface area contributed by atoms with Crippen molar-refractivity contribution in [3.63, 3.8) is 0 Å². The molecular formula is C17H15Cl3Ti. The molecule has 0 bridgehead atoms. The van der Waals surface area contributed by atoms with Crippen molar-refractivity contribution < 1.29 is 57.7 Å². The Morgan fingerprint density at radius 2 is 1.57 bits per heavy atom. The first kappa shape index (κ1) is 20.8. The first-order chi connectivity index (χ1) is 8.81. The topological polar surface area (TPSA) is 0 Å². The van der Waals surface area contributed by atoms with Crippen molar-refractivity contribution in [2.75, 3.05) is 0 Å². The standard InChI is InChI=1S/C17H15.3ClH.Ti/c1-2-13-11-15-9-6-10-16(17(15)12-13)14-7-4-3-5-8-14;;;;/h3-12H,2H2,1H3;3*1H;/q;;;;+3/p-3. The molecule has 21 heavy (non-hydrogen) atoms. The van der Waals surface area contributed by atoms with Crippen LogP contribution in [0, 0.1) is 0 Å². The van der Waals surface area contributed by atoms with E-state index in [2.05, 4.69) is 82.0 Å². The van der Waals surface area contributed by atoms with E-state index in [0.717, 1.165) is 6.42 Å². The first-order valence-electron chi connectivity index (χ1n) is 6.41. The Balaban J connectivity index is 0.00000133. The maximum atomic E-state index is 2.39. The van der Waals surface area contributed by atoms with Crippen LogP contribution in [0.25, 0.3) is 17.2 Å². The van der Waals surface area contributed by atoms with Gasteiger partial charge in [0.15, 0.2) is 0 Å². The van der Waals surface area contributed by atoms with Crippen molar-refractivity contribution in [1.29, 1.82) is 0 Å². The van der Waals surface area contributed by atoms with Gasteiger partial charge in [-0.2, -0.15) is 0 Å². The Morgan fingerprint density at radius 3 is 2.19 bits per heavy atom. The van der Waals surface area contributed by atoms with Crippen LogP contribution < -0.4 is 37.2 Å². The van der Waals surface area contributed by atoms with E-state index >= 15 is 0 Å². The molecule has 0 N–H and O–H groups in total. The van der Waals surface area contributed by atoms with Gasteiger partial charge in [-0.3, -0.25) is 0 Å². The number of rotatable bonds is 2. The summed E-state index contributed by atoms with van der Waals surface area (Å²) in [4.78, 5) is 0. The van der Waals surface area contributed by atoms with Crippen molar-refractivity contribution in [2.24, 2.45) is 0 Å². The van der Waals surface area contributed by atoms with Gasteiger partial charge in [-0.25, -0.2) is 0 Å². The summed E-state index contributed by atoms with van der Waals surface area (Å²) in [6, 6.07) is 17.4. The van der Waals surface area contributed by atoms with Crippen molar-refractivity contribution >= 4 is 6.08 Å². The van der Waals surface area contributed by atoms with E-state index in [4.69, 9.17) is 0 Å². The minimum Gasteiger partial charge on any atom is -1.00 e. The third-order valence-corrected chi connectivity index (χ3v) is 4.71. The molecule has 108 valence electrons. The molecule has 0 aromatic heterocycles. The summed E-state index contributed by atoms with van der Waals surface area (Å²) >= 11 is 2.32. The third-order valence-electron chi connectivity index (χ3n) is 3.64. The van der Waals surface area contributed by atoms with E-state index in [1.807, 2.05) is 0 Å². The molecule has 0 aliphatic heterocycles. The van der Waals surface area contributed by atoms with Gasteiger partial charge < -0.3 is 37.2 Å². The van der Waals surface area contributed by atoms with Crippen LogP contribution >= 0.6 is 0 Å². The molecule has 1 atom stereocenters. The molecular weight excluding hydrogens is 358 g/mol. The SMILES string of the molecule is CCC1=Cc2c(-c3ccccc3)cccc2[CH]1[Ti+3].[Cl-].[Cl-].[Cl-]. The number of benzene rings is 2. The van der Waals surface area contributed by atoms with Gasteiger partial charge in [0.25, 0.3) is 0 Å². The first-order valence-corrected chi connectivity index (χ1v) is 7.31. The van der Waals surface area contributed by atoms with Gasteiger partial charge in [0, 0.05) is 0 Å². The van der Waals surface area contributed by atoms with Crippen LogP contribution in [-0.2, 0) is 20.4 Å². The van der Waals surface area contributed by atoms with Gasteiger partial charge in [0.2, 0.25) is 0 Å². The van der Waals surface area contributed by atoms with E-state index < -0.39 is 0 Å². The number of hydrogen-bond donors (Lipinski definition) is 0. The van der Waals surface area contributed by atoms with Crippen LogP contribution in [0.3, 0.4) is 0 Å². The van der Waals surface area contributed by atoms with Gasteiger partial charge >= 0.3 is 120 Å². The van der Waals surface area contributed by atoms with Gasteiger partial charge in [-0.05, 0) is 0 Å². The fourth-order valence-electron chi connectivity index (χ4n) is 2.64. The molecule has 2 aromatic carbocycles. The largest absolute Gasteiger partial charge is 1.00 e. The van der Waals surface area contributed by atoms with E-state index in [1.54, 1.807) is 5.57 Å². The fourth-order valence-corrected chi connectivity index (χ4v) is 3.48. The zero-order valence-electron chi connectivity index (χ0n) is 11.6. The van der Waals surface area contributed by atoms with Crippen LogP contribution in [0.15, 0.2) is 54.1 Å². The predicted octanol–water partition coefficient (Wildman–Crippen LogP) is -4.24. The average Bonchev–Trinajstić information content (AvgIpc) is 2.77. The molecule has 0 fully saturated rings. The second-order valence-electron chi connectivity index (χ2n) is 4.68.